The van der Waals surface area contributed by atoms with Gasteiger partial charge in [-0.15, -0.1) is 0 Å². The van der Waals surface area contributed by atoms with Gasteiger partial charge in [-0.1, -0.05) is 15.9 Å². The van der Waals surface area contributed by atoms with Crippen LogP contribution in [0.3, 0.4) is 0 Å². The standard InChI is InChI=1S/C15H17BrN2O3/c1-8-9(2)14-10(5-11(8)16)15(20)18(7-17-14)12-6-21-4-3-13(12)19/h5,7,12-13,19H,3-4,6H2,1-2H3/t12-,13-/m1/s1. The summed E-state index contributed by atoms with van der Waals surface area (Å²) in [4.78, 5) is 17.2. The molecule has 1 N–H and O–H groups in total. The van der Waals surface area contributed by atoms with Gasteiger partial charge in [0, 0.05) is 11.1 Å². The number of ether oxygens (including phenoxy) is 1. The van der Waals surface area contributed by atoms with Crippen molar-refractivity contribution in [3.63, 3.8) is 0 Å². The maximum Gasteiger partial charge on any atom is 0.261 e. The topological polar surface area (TPSA) is 64.3 Å². The number of hydrogen-bond acceptors (Lipinski definition) is 4. The molecular weight excluding hydrogens is 336 g/mol. The fraction of sp³-hybridized carbons (Fsp3) is 0.467. The van der Waals surface area contributed by atoms with Crippen molar-refractivity contribution in [3.8, 4) is 0 Å². The van der Waals surface area contributed by atoms with Crippen molar-refractivity contribution in [2.24, 2.45) is 0 Å². The molecule has 0 aliphatic carbocycles. The lowest BCUT2D eigenvalue weighted by Crippen LogP contribution is -2.39. The largest absolute Gasteiger partial charge is 0.391 e. The molecule has 3 rings (SSSR count). The average Bonchev–Trinajstić information content (AvgIpc) is 2.47. The molecule has 1 saturated heterocycles. The highest BCUT2D eigenvalue weighted by molar-refractivity contribution is 9.10. The molecule has 112 valence electrons. The maximum absolute atomic E-state index is 12.7. The van der Waals surface area contributed by atoms with E-state index in [4.69, 9.17) is 4.74 Å². The fourth-order valence-corrected chi connectivity index (χ4v) is 3.24. The Morgan fingerprint density at radius 2 is 2.19 bits per heavy atom. The molecule has 2 atom stereocenters. The molecule has 1 aliphatic heterocycles. The summed E-state index contributed by atoms with van der Waals surface area (Å²) in [7, 11) is 0. The Kier molecular flexibility index (Phi) is 3.86. The molecule has 5 nitrogen and oxygen atoms in total. The molecule has 0 unspecified atom stereocenters. The molecule has 2 heterocycles. The van der Waals surface area contributed by atoms with Gasteiger partial charge in [0.2, 0.25) is 0 Å². The first-order valence-corrected chi connectivity index (χ1v) is 7.72. The predicted molar refractivity (Wildman–Crippen MR) is 83.7 cm³/mol. The van der Waals surface area contributed by atoms with Crippen LogP contribution in [0, 0.1) is 13.8 Å². The maximum atomic E-state index is 12.7. The lowest BCUT2D eigenvalue weighted by atomic mass is 10.0. The summed E-state index contributed by atoms with van der Waals surface area (Å²) in [5.74, 6) is 0. The number of nitrogens with zero attached hydrogens (tertiary/aromatic N) is 2. The third-order valence-electron chi connectivity index (χ3n) is 4.23. The van der Waals surface area contributed by atoms with Crippen LogP contribution in [0.5, 0.6) is 0 Å². The highest BCUT2D eigenvalue weighted by Crippen LogP contribution is 2.26. The number of aromatic nitrogens is 2. The van der Waals surface area contributed by atoms with Crippen molar-refractivity contribution in [3.05, 3.63) is 38.3 Å². The van der Waals surface area contributed by atoms with E-state index in [2.05, 4.69) is 20.9 Å². The molecule has 1 aromatic carbocycles. The van der Waals surface area contributed by atoms with Crippen LogP contribution in [0.25, 0.3) is 10.9 Å². The number of aliphatic hydroxyl groups is 1. The van der Waals surface area contributed by atoms with Crippen molar-refractivity contribution in [1.82, 2.24) is 9.55 Å². The van der Waals surface area contributed by atoms with Gasteiger partial charge in [-0.25, -0.2) is 4.98 Å². The predicted octanol–water partition coefficient (Wildman–Crippen LogP) is 2.10. The number of benzene rings is 1. The second-order valence-electron chi connectivity index (χ2n) is 5.46. The van der Waals surface area contributed by atoms with Crippen molar-refractivity contribution in [2.45, 2.75) is 32.4 Å². The summed E-state index contributed by atoms with van der Waals surface area (Å²) in [6, 6.07) is 1.43. The van der Waals surface area contributed by atoms with Gasteiger partial charge in [0.15, 0.2) is 0 Å². The van der Waals surface area contributed by atoms with Crippen LogP contribution >= 0.6 is 15.9 Å². The zero-order valence-electron chi connectivity index (χ0n) is 12.0. The van der Waals surface area contributed by atoms with E-state index in [-0.39, 0.29) is 11.6 Å². The lowest BCUT2D eigenvalue weighted by molar-refractivity contribution is -0.0303. The zero-order valence-corrected chi connectivity index (χ0v) is 13.6. The third kappa shape index (κ3) is 2.41. The van der Waals surface area contributed by atoms with E-state index in [0.717, 1.165) is 15.6 Å². The van der Waals surface area contributed by atoms with Crippen LogP contribution in [0.2, 0.25) is 0 Å². The van der Waals surface area contributed by atoms with Gasteiger partial charge < -0.3 is 9.84 Å². The molecule has 21 heavy (non-hydrogen) atoms. The summed E-state index contributed by atoms with van der Waals surface area (Å²) in [6.45, 7) is 4.81. The Balaban J connectivity index is 2.21. The first kappa shape index (κ1) is 14.7. The molecular formula is C15H17BrN2O3. The van der Waals surface area contributed by atoms with Crippen molar-refractivity contribution < 1.29 is 9.84 Å². The van der Waals surface area contributed by atoms with E-state index in [1.54, 1.807) is 6.07 Å². The SMILES string of the molecule is Cc1c(Br)cc2c(=O)n([C@@H]3COCC[C@H]3O)cnc2c1C. The highest BCUT2D eigenvalue weighted by atomic mass is 79.9. The number of aliphatic hydroxyl groups excluding tert-OH is 1. The van der Waals surface area contributed by atoms with Crippen LogP contribution in [-0.4, -0.2) is 34.0 Å². The Morgan fingerprint density at radius 1 is 1.43 bits per heavy atom. The minimum Gasteiger partial charge on any atom is -0.391 e. The fourth-order valence-electron chi connectivity index (χ4n) is 2.72. The number of halogens is 1. The number of hydrogen-bond donors (Lipinski definition) is 1. The molecule has 1 fully saturated rings. The monoisotopic (exact) mass is 352 g/mol. The third-order valence-corrected chi connectivity index (χ3v) is 5.05. The molecule has 2 aromatic rings. The molecule has 0 spiro atoms. The van der Waals surface area contributed by atoms with Crippen molar-refractivity contribution >= 4 is 26.8 Å². The summed E-state index contributed by atoms with van der Waals surface area (Å²) in [5.41, 5.74) is 2.64. The van der Waals surface area contributed by atoms with E-state index >= 15 is 0 Å². The van der Waals surface area contributed by atoms with E-state index in [1.165, 1.54) is 10.9 Å². The van der Waals surface area contributed by atoms with Gasteiger partial charge in [-0.3, -0.25) is 9.36 Å². The lowest BCUT2D eigenvalue weighted by Gasteiger charge is -2.29. The van der Waals surface area contributed by atoms with E-state index in [9.17, 15) is 9.90 Å². The average molecular weight is 353 g/mol. The first-order valence-electron chi connectivity index (χ1n) is 6.93. The van der Waals surface area contributed by atoms with E-state index < -0.39 is 6.10 Å². The van der Waals surface area contributed by atoms with Crippen LogP contribution in [0.15, 0.2) is 21.7 Å². The number of rotatable bonds is 1. The summed E-state index contributed by atoms with van der Waals surface area (Å²) in [5, 5.41) is 10.7. The van der Waals surface area contributed by atoms with E-state index in [0.29, 0.717) is 30.5 Å². The zero-order chi connectivity index (χ0) is 15.1. The summed E-state index contributed by atoms with van der Waals surface area (Å²) < 4.78 is 7.77. The number of fused-ring (bicyclic) bond motifs is 1. The Labute approximate surface area is 130 Å². The van der Waals surface area contributed by atoms with Crippen LogP contribution < -0.4 is 5.56 Å². The van der Waals surface area contributed by atoms with Gasteiger partial charge >= 0.3 is 0 Å². The van der Waals surface area contributed by atoms with Gasteiger partial charge in [0.1, 0.15) is 0 Å². The molecule has 0 saturated carbocycles. The second-order valence-corrected chi connectivity index (χ2v) is 6.31. The molecule has 1 aliphatic rings. The second kappa shape index (κ2) is 5.51. The Morgan fingerprint density at radius 3 is 2.90 bits per heavy atom. The van der Waals surface area contributed by atoms with Gasteiger partial charge in [-0.05, 0) is 37.5 Å². The van der Waals surface area contributed by atoms with Gasteiger partial charge in [0.05, 0.1) is 36.0 Å². The smallest absolute Gasteiger partial charge is 0.261 e. The molecule has 1 aromatic heterocycles. The van der Waals surface area contributed by atoms with Gasteiger partial charge in [0.25, 0.3) is 5.56 Å². The summed E-state index contributed by atoms with van der Waals surface area (Å²) in [6.07, 6.45) is 1.48. The van der Waals surface area contributed by atoms with Crippen LogP contribution in [0.4, 0.5) is 0 Å². The normalized spacial score (nSPS) is 22.7. The minimum absolute atomic E-state index is 0.140. The Hall–Kier alpha value is -1.24. The van der Waals surface area contributed by atoms with Crippen LogP contribution in [-0.2, 0) is 4.74 Å². The quantitative estimate of drug-likeness (QED) is 0.853. The minimum atomic E-state index is -0.578. The van der Waals surface area contributed by atoms with Crippen molar-refractivity contribution in [2.75, 3.05) is 13.2 Å². The van der Waals surface area contributed by atoms with E-state index in [1.807, 2.05) is 13.8 Å². The molecule has 6 heteroatoms. The molecule has 0 radical (unpaired) electrons. The number of aryl methyl sites for hydroxylation is 1. The first-order chi connectivity index (χ1) is 10.0. The summed E-state index contributed by atoms with van der Waals surface area (Å²) >= 11 is 3.48. The Bertz CT molecular complexity index is 757. The van der Waals surface area contributed by atoms with Crippen LogP contribution in [0.1, 0.15) is 23.6 Å². The molecule has 0 amide bonds. The highest BCUT2D eigenvalue weighted by Gasteiger charge is 2.27. The van der Waals surface area contributed by atoms with Gasteiger partial charge in [-0.2, -0.15) is 0 Å². The molecule has 0 bridgehead atoms. The van der Waals surface area contributed by atoms with Crippen molar-refractivity contribution in [1.29, 1.82) is 0 Å².